The van der Waals surface area contributed by atoms with Crippen LogP contribution in [0.4, 0.5) is 0 Å². The summed E-state index contributed by atoms with van der Waals surface area (Å²) in [4.78, 5) is 7.61. The molecule has 0 bridgehead atoms. The Labute approximate surface area is 98.6 Å². The number of ether oxygens (including phenoxy) is 1. The molecule has 2 rings (SSSR count). The van der Waals surface area contributed by atoms with Crippen molar-refractivity contribution >= 4 is 22.8 Å². The lowest BCUT2D eigenvalue weighted by Gasteiger charge is -2.00. The third-order valence-electron chi connectivity index (χ3n) is 2.03. The van der Waals surface area contributed by atoms with Crippen LogP contribution in [0.25, 0.3) is 11.0 Å². The molecule has 1 N–H and O–H groups in total. The largest absolute Gasteiger partial charge is 0.494 e. The number of rotatable bonds is 4. The van der Waals surface area contributed by atoms with Gasteiger partial charge >= 0.3 is 0 Å². The predicted molar refractivity (Wildman–Crippen MR) is 66.8 cm³/mol. The number of fused-ring (bicyclic) bond motifs is 1. The van der Waals surface area contributed by atoms with Gasteiger partial charge in [-0.1, -0.05) is 17.7 Å². The van der Waals surface area contributed by atoms with Crippen LogP contribution in [0.2, 0.25) is 0 Å². The summed E-state index contributed by atoms with van der Waals surface area (Å²) >= 11 is 1.52. The lowest BCUT2D eigenvalue weighted by molar-refractivity contribution is 0.340. The van der Waals surface area contributed by atoms with Gasteiger partial charge in [-0.2, -0.15) is 0 Å². The fraction of sp³-hybridized carbons (Fsp3) is 0.250. The molecule has 1 aromatic heterocycles. The van der Waals surface area contributed by atoms with Crippen LogP contribution in [0.3, 0.4) is 0 Å². The maximum absolute atomic E-state index is 5.42. The first-order chi connectivity index (χ1) is 7.83. The van der Waals surface area contributed by atoms with Gasteiger partial charge in [-0.15, -0.1) is 6.42 Å². The minimum atomic E-state index is 0.623. The van der Waals surface area contributed by atoms with E-state index in [1.165, 1.54) is 11.8 Å². The van der Waals surface area contributed by atoms with Crippen LogP contribution in [0.5, 0.6) is 5.75 Å². The van der Waals surface area contributed by atoms with Gasteiger partial charge in [0.2, 0.25) is 0 Å². The van der Waals surface area contributed by atoms with E-state index in [2.05, 4.69) is 15.9 Å². The zero-order valence-electron chi connectivity index (χ0n) is 8.99. The SMILES string of the molecule is C#CCSc1nc2ccc(OCC)cc2[nH]1. The Morgan fingerprint density at radius 1 is 1.56 bits per heavy atom. The van der Waals surface area contributed by atoms with E-state index >= 15 is 0 Å². The molecule has 82 valence electrons. The number of aromatic nitrogens is 2. The summed E-state index contributed by atoms with van der Waals surface area (Å²) in [5.41, 5.74) is 1.91. The third-order valence-corrected chi connectivity index (χ3v) is 2.81. The molecule has 0 amide bonds. The highest BCUT2D eigenvalue weighted by Crippen LogP contribution is 2.22. The van der Waals surface area contributed by atoms with Gasteiger partial charge in [0.1, 0.15) is 5.75 Å². The number of aromatic amines is 1. The fourth-order valence-corrected chi connectivity index (χ4v) is 1.97. The molecule has 0 radical (unpaired) electrons. The molecule has 0 aliphatic heterocycles. The van der Waals surface area contributed by atoms with Crippen LogP contribution in [-0.4, -0.2) is 22.3 Å². The second-order valence-electron chi connectivity index (χ2n) is 3.15. The van der Waals surface area contributed by atoms with Crippen LogP contribution < -0.4 is 4.74 Å². The predicted octanol–water partition coefficient (Wildman–Crippen LogP) is 2.69. The Morgan fingerprint density at radius 2 is 2.44 bits per heavy atom. The Morgan fingerprint density at radius 3 is 3.19 bits per heavy atom. The molecule has 0 unspecified atom stereocenters. The average molecular weight is 232 g/mol. The van der Waals surface area contributed by atoms with Crippen LogP contribution >= 0.6 is 11.8 Å². The summed E-state index contributed by atoms with van der Waals surface area (Å²) in [6, 6.07) is 5.81. The quantitative estimate of drug-likeness (QED) is 0.650. The monoisotopic (exact) mass is 232 g/mol. The normalized spacial score (nSPS) is 10.2. The number of nitrogens with zero attached hydrogens (tertiary/aromatic N) is 1. The number of hydrogen-bond acceptors (Lipinski definition) is 3. The molecular formula is C12H12N2OS. The Bertz CT molecular complexity index is 527. The Hall–Kier alpha value is -1.60. The maximum atomic E-state index is 5.42. The lowest BCUT2D eigenvalue weighted by atomic mass is 10.3. The van der Waals surface area contributed by atoms with E-state index in [4.69, 9.17) is 11.2 Å². The second kappa shape index (κ2) is 4.95. The minimum Gasteiger partial charge on any atom is -0.494 e. The summed E-state index contributed by atoms with van der Waals surface area (Å²) in [5, 5.41) is 0.849. The van der Waals surface area contributed by atoms with E-state index in [0.29, 0.717) is 12.4 Å². The minimum absolute atomic E-state index is 0.623. The van der Waals surface area contributed by atoms with E-state index in [-0.39, 0.29) is 0 Å². The number of nitrogens with one attached hydrogen (secondary N) is 1. The summed E-state index contributed by atoms with van der Waals surface area (Å²) in [7, 11) is 0. The van der Waals surface area contributed by atoms with Crippen molar-refractivity contribution in [1.29, 1.82) is 0 Å². The lowest BCUT2D eigenvalue weighted by Crippen LogP contribution is -1.90. The van der Waals surface area contributed by atoms with Gasteiger partial charge in [0.15, 0.2) is 5.16 Å². The van der Waals surface area contributed by atoms with Crippen molar-refractivity contribution in [2.75, 3.05) is 12.4 Å². The van der Waals surface area contributed by atoms with Gasteiger partial charge in [0.25, 0.3) is 0 Å². The molecule has 1 heterocycles. The first kappa shape index (κ1) is 10.9. The highest BCUT2D eigenvalue weighted by molar-refractivity contribution is 7.99. The zero-order valence-corrected chi connectivity index (χ0v) is 9.80. The maximum Gasteiger partial charge on any atom is 0.167 e. The molecule has 16 heavy (non-hydrogen) atoms. The summed E-state index contributed by atoms with van der Waals surface area (Å²) in [5.74, 6) is 4.05. The number of terminal acetylenes is 1. The van der Waals surface area contributed by atoms with Gasteiger partial charge in [-0.25, -0.2) is 4.98 Å². The van der Waals surface area contributed by atoms with Crippen LogP contribution in [0, 0.1) is 12.3 Å². The van der Waals surface area contributed by atoms with Crippen LogP contribution in [0.15, 0.2) is 23.4 Å². The third kappa shape index (κ3) is 2.31. The molecule has 0 fully saturated rings. The topological polar surface area (TPSA) is 37.9 Å². The van der Waals surface area contributed by atoms with E-state index in [9.17, 15) is 0 Å². The van der Waals surface area contributed by atoms with Crippen molar-refractivity contribution in [3.8, 4) is 18.1 Å². The average Bonchev–Trinajstić information content (AvgIpc) is 2.68. The summed E-state index contributed by atoms with van der Waals surface area (Å²) < 4.78 is 5.42. The Kier molecular flexibility index (Phi) is 3.37. The number of hydrogen-bond donors (Lipinski definition) is 1. The zero-order chi connectivity index (χ0) is 11.4. The van der Waals surface area contributed by atoms with E-state index in [0.717, 1.165) is 21.9 Å². The molecule has 0 saturated heterocycles. The van der Waals surface area contributed by atoms with Crippen LogP contribution in [0.1, 0.15) is 6.92 Å². The molecule has 0 aliphatic rings. The first-order valence-corrected chi connectivity index (χ1v) is 6.01. The molecule has 0 spiro atoms. The van der Waals surface area contributed by atoms with Crippen molar-refractivity contribution < 1.29 is 4.74 Å². The van der Waals surface area contributed by atoms with Crippen LogP contribution in [-0.2, 0) is 0 Å². The standard InChI is InChI=1S/C12H12N2OS/c1-3-7-16-12-13-10-6-5-9(15-4-2)8-11(10)14-12/h1,5-6,8H,4,7H2,2H3,(H,13,14). The Balaban J connectivity index is 2.27. The molecule has 0 atom stereocenters. The smallest absolute Gasteiger partial charge is 0.167 e. The van der Waals surface area contributed by atoms with E-state index in [1.807, 2.05) is 25.1 Å². The number of thioether (sulfide) groups is 1. The van der Waals surface area contributed by atoms with Crippen molar-refractivity contribution in [1.82, 2.24) is 9.97 Å². The number of benzene rings is 1. The van der Waals surface area contributed by atoms with E-state index < -0.39 is 0 Å². The highest BCUT2D eigenvalue weighted by Gasteiger charge is 2.03. The van der Waals surface area contributed by atoms with E-state index in [1.54, 1.807) is 0 Å². The second-order valence-corrected chi connectivity index (χ2v) is 4.11. The summed E-state index contributed by atoms with van der Waals surface area (Å²) in [6.07, 6.45) is 5.20. The van der Waals surface area contributed by atoms with Gasteiger partial charge in [-0.3, -0.25) is 0 Å². The van der Waals surface area contributed by atoms with Crippen molar-refractivity contribution in [2.45, 2.75) is 12.1 Å². The first-order valence-electron chi connectivity index (χ1n) is 5.02. The van der Waals surface area contributed by atoms with Gasteiger partial charge in [0.05, 0.1) is 23.4 Å². The molecule has 2 aromatic rings. The van der Waals surface area contributed by atoms with Gasteiger partial charge < -0.3 is 9.72 Å². The van der Waals surface area contributed by atoms with Gasteiger partial charge in [0, 0.05) is 6.07 Å². The van der Waals surface area contributed by atoms with Crippen molar-refractivity contribution in [3.63, 3.8) is 0 Å². The number of H-pyrrole nitrogens is 1. The highest BCUT2D eigenvalue weighted by atomic mass is 32.2. The molecule has 4 heteroatoms. The molecule has 1 aromatic carbocycles. The van der Waals surface area contributed by atoms with Crippen molar-refractivity contribution in [2.24, 2.45) is 0 Å². The fourth-order valence-electron chi connectivity index (χ4n) is 1.40. The molecular weight excluding hydrogens is 220 g/mol. The molecule has 0 saturated carbocycles. The summed E-state index contributed by atoms with van der Waals surface area (Å²) in [6.45, 7) is 2.63. The number of imidazole rings is 1. The van der Waals surface area contributed by atoms with Gasteiger partial charge in [-0.05, 0) is 19.1 Å². The molecule has 0 aliphatic carbocycles. The van der Waals surface area contributed by atoms with Crippen molar-refractivity contribution in [3.05, 3.63) is 18.2 Å². The molecule has 3 nitrogen and oxygen atoms in total.